The van der Waals surface area contributed by atoms with Crippen LogP contribution in [0.2, 0.25) is 0 Å². The van der Waals surface area contributed by atoms with E-state index in [2.05, 4.69) is 31.5 Å². The lowest BCUT2D eigenvalue weighted by atomic mass is 10.1. The van der Waals surface area contributed by atoms with E-state index in [4.69, 9.17) is 0 Å². The van der Waals surface area contributed by atoms with E-state index in [-0.39, 0.29) is 28.4 Å². The van der Waals surface area contributed by atoms with Gasteiger partial charge in [0, 0.05) is 16.2 Å². The van der Waals surface area contributed by atoms with Crippen LogP contribution in [0.15, 0.2) is 45.0 Å². The zero-order chi connectivity index (χ0) is 14.3. The third-order valence-corrected chi connectivity index (χ3v) is 3.36. The van der Waals surface area contributed by atoms with Crippen LogP contribution in [-0.2, 0) is 0 Å². The van der Waals surface area contributed by atoms with Crippen molar-refractivity contribution in [1.82, 2.24) is 0 Å². The number of azo groups is 1. The average molecular weight is 334 g/mol. The van der Waals surface area contributed by atoms with Crippen molar-refractivity contribution in [2.45, 2.75) is 0 Å². The van der Waals surface area contributed by atoms with E-state index < -0.39 is 5.91 Å². The zero-order valence-electron chi connectivity index (χ0n) is 9.96. The SMILES string of the molecule is O=C1N=Nc2c(O)cc(Nc3ccc(Br)cc3)c(O)c21. The molecule has 20 heavy (non-hydrogen) atoms. The van der Waals surface area contributed by atoms with Crippen LogP contribution in [0.5, 0.6) is 11.5 Å². The fraction of sp³-hybridized carbons (Fsp3) is 0. The average Bonchev–Trinajstić information content (AvgIpc) is 2.81. The Labute approximate surface area is 121 Å². The van der Waals surface area contributed by atoms with Crippen LogP contribution in [0.1, 0.15) is 10.4 Å². The fourth-order valence-electron chi connectivity index (χ4n) is 1.88. The largest absolute Gasteiger partial charge is 0.506 e. The van der Waals surface area contributed by atoms with Gasteiger partial charge in [0.2, 0.25) is 0 Å². The molecule has 0 unspecified atom stereocenters. The number of hydrogen-bond donors (Lipinski definition) is 3. The molecule has 0 saturated carbocycles. The molecule has 0 aromatic heterocycles. The molecule has 6 nitrogen and oxygen atoms in total. The van der Waals surface area contributed by atoms with Crippen LogP contribution >= 0.6 is 15.9 Å². The normalized spacial score (nSPS) is 12.6. The first-order chi connectivity index (χ1) is 9.56. The molecular formula is C13H8BrN3O3. The number of fused-ring (bicyclic) bond motifs is 1. The number of hydrogen-bond acceptors (Lipinski definition) is 5. The number of carbonyl (C=O) groups is 1. The molecular weight excluding hydrogens is 326 g/mol. The van der Waals surface area contributed by atoms with Gasteiger partial charge in [0.1, 0.15) is 17.0 Å². The van der Waals surface area contributed by atoms with Crippen LogP contribution in [0, 0.1) is 0 Å². The fourth-order valence-corrected chi connectivity index (χ4v) is 2.15. The minimum Gasteiger partial charge on any atom is -0.506 e. The molecule has 0 fully saturated rings. The Bertz CT molecular complexity index is 742. The second kappa shape index (κ2) is 4.61. The summed E-state index contributed by atoms with van der Waals surface area (Å²) in [6, 6.07) is 8.51. The minimum absolute atomic E-state index is 0.00569. The molecule has 3 N–H and O–H groups in total. The van der Waals surface area contributed by atoms with Crippen molar-refractivity contribution in [3.63, 3.8) is 0 Å². The van der Waals surface area contributed by atoms with Gasteiger partial charge in [0.25, 0.3) is 0 Å². The molecule has 0 radical (unpaired) electrons. The van der Waals surface area contributed by atoms with Crippen LogP contribution in [0.25, 0.3) is 0 Å². The topological polar surface area (TPSA) is 94.3 Å². The van der Waals surface area contributed by atoms with Crippen molar-refractivity contribution in [2.75, 3.05) is 5.32 Å². The molecule has 2 aromatic carbocycles. The summed E-state index contributed by atoms with van der Waals surface area (Å²) in [5, 5.41) is 29.7. The summed E-state index contributed by atoms with van der Waals surface area (Å²) < 4.78 is 0.914. The highest BCUT2D eigenvalue weighted by atomic mass is 79.9. The summed E-state index contributed by atoms with van der Waals surface area (Å²) in [4.78, 5) is 11.5. The van der Waals surface area contributed by atoms with Crippen LogP contribution in [0.4, 0.5) is 17.1 Å². The summed E-state index contributed by atoms with van der Waals surface area (Å²) >= 11 is 3.32. The van der Waals surface area contributed by atoms with Crippen molar-refractivity contribution in [2.24, 2.45) is 10.2 Å². The van der Waals surface area contributed by atoms with E-state index in [1.807, 2.05) is 12.1 Å². The number of amides is 1. The quantitative estimate of drug-likeness (QED) is 0.574. The van der Waals surface area contributed by atoms with Crippen molar-refractivity contribution in [1.29, 1.82) is 0 Å². The van der Waals surface area contributed by atoms with Gasteiger partial charge >= 0.3 is 5.91 Å². The maximum atomic E-state index is 11.5. The zero-order valence-corrected chi connectivity index (χ0v) is 11.5. The van der Waals surface area contributed by atoms with E-state index in [1.54, 1.807) is 12.1 Å². The molecule has 7 heteroatoms. The molecule has 1 amide bonds. The maximum Gasteiger partial charge on any atom is 0.301 e. The number of halogens is 1. The number of benzene rings is 2. The van der Waals surface area contributed by atoms with Gasteiger partial charge in [0.15, 0.2) is 5.75 Å². The number of phenols is 2. The number of rotatable bonds is 2. The number of nitrogens with zero attached hydrogens (tertiary/aromatic N) is 2. The number of nitrogens with one attached hydrogen (secondary N) is 1. The van der Waals surface area contributed by atoms with Gasteiger partial charge in [-0.05, 0) is 24.3 Å². The molecule has 100 valence electrons. The second-order valence-electron chi connectivity index (χ2n) is 4.15. The van der Waals surface area contributed by atoms with Crippen molar-refractivity contribution in [3.8, 4) is 11.5 Å². The third-order valence-electron chi connectivity index (χ3n) is 2.83. The van der Waals surface area contributed by atoms with E-state index in [0.717, 1.165) is 4.47 Å². The van der Waals surface area contributed by atoms with E-state index >= 15 is 0 Å². The summed E-state index contributed by atoms with van der Waals surface area (Å²) in [5.74, 6) is -1.17. The van der Waals surface area contributed by atoms with Crippen molar-refractivity contribution in [3.05, 3.63) is 40.4 Å². The first-order valence-corrected chi connectivity index (χ1v) is 6.43. The molecule has 0 saturated heterocycles. The smallest absolute Gasteiger partial charge is 0.301 e. The monoisotopic (exact) mass is 333 g/mol. The Kier molecular flexibility index (Phi) is 2.90. The van der Waals surface area contributed by atoms with Gasteiger partial charge in [-0.25, -0.2) is 0 Å². The molecule has 0 aliphatic carbocycles. The lowest BCUT2D eigenvalue weighted by molar-refractivity contribution is 0.1000. The lowest BCUT2D eigenvalue weighted by Gasteiger charge is -2.11. The third kappa shape index (κ3) is 2.01. The number of anilines is 2. The predicted molar refractivity (Wildman–Crippen MR) is 76.0 cm³/mol. The van der Waals surface area contributed by atoms with Gasteiger partial charge in [-0.15, -0.1) is 10.2 Å². The number of aromatic hydroxyl groups is 2. The van der Waals surface area contributed by atoms with E-state index in [0.29, 0.717) is 5.69 Å². The van der Waals surface area contributed by atoms with Crippen molar-refractivity contribution < 1.29 is 15.0 Å². The molecule has 3 rings (SSSR count). The van der Waals surface area contributed by atoms with Gasteiger partial charge < -0.3 is 15.5 Å². The highest BCUT2D eigenvalue weighted by Crippen LogP contribution is 2.46. The lowest BCUT2D eigenvalue weighted by Crippen LogP contribution is -1.96. The Morgan fingerprint density at radius 2 is 1.80 bits per heavy atom. The predicted octanol–water partition coefficient (Wildman–Crippen LogP) is 3.84. The number of carbonyl (C=O) groups excluding carboxylic acids is 1. The Balaban J connectivity index is 2.04. The molecule has 2 aromatic rings. The standard InChI is InChI=1S/C13H8BrN3O3/c14-6-1-3-7(4-2-6)15-8-5-9(18)11-10(12(8)19)13(20)17-16-11/h1-5,15,18-19H. The first-order valence-electron chi connectivity index (χ1n) is 5.64. The summed E-state index contributed by atoms with van der Waals surface area (Å²) in [7, 11) is 0. The highest BCUT2D eigenvalue weighted by molar-refractivity contribution is 9.10. The van der Waals surface area contributed by atoms with Gasteiger partial charge in [0.05, 0.1) is 5.69 Å². The van der Waals surface area contributed by atoms with Crippen molar-refractivity contribution >= 4 is 38.9 Å². The van der Waals surface area contributed by atoms with Crippen LogP contribution in [-0.4, -0.2) is 16.1 Å². The van der Waals surface area contributed by atoms with Crippen LogP contribution < -0.4 is 5.32 Å². The molecule has 1 aliphatic heterocycles. The van der Waals surface area contributed by atoms with E-state index in [9.17, 15) is 15.0 Å². The molecule has 1 heterocycles. The van der Waals surface area contributed by atoms with E-state index in [1.165, 1.54) is 6.07 Å². The molecule has 1 aliphatic rings. The molecule has 0 atom stereocenters. The highest BCUT2D eigenvalue weighted by Gasteiger charge is 2.27. The first kappa shape index (κ1) is 12.6. The van der Waals surface area contributed by atoms with Gasteiger partial charge in [-0.2, -0.15) is 0 Å². The summed E-state index contributed by atoms with van der Waals surface area (Å²) in [6.07, 6.45) is 0. The maximum absolute atomic E-state index is 11.5. The number of phenolic OH excluding ortho intramolecular Hbond substituents is 2. The molecule has 0 bridgehead atoms. The van der Waals surface area contributed by atoms with Crippen LogP contribution in [0.3, 0.4) is 0 Å². The minimum atomic E-state index is -0.674. The second-order valence-corrected chi connectivity index (χ2v) is 5.07. The Hall–Kier alpha value is -2.41. The van der Waals surface area contributed by atoms with Gasteiger partial charge in [-0.3, -0.25) is 4.79 Å². The Morgan fingerprint density at radius 3 is 2.50 bits per heavy atom. The molecule has 0 spiro atoms. The summed E-state index contributed by atoms with van der Waals surface area (Å²) in [6.45, 7) is 0. The Morgan fingerprint density at radius 1 is 1.10 bits per heavy atom. The van der Waals surface area contributed by atoms with Gasteiger partial charge in [-0.1, -0.05) is 15.9 Å². The summed E-state index contributed by atoms with van der Waals surface area (Å²) in [5.41, 5.74) is 0.810.